The molecule has 12 heteroatoms. The lowest BCUT2D eigenvalue weighted by Gasteiger charge is -2.45. The second-order valence-electron chi connectivity index (χ2n) is 10.1. The summed E-state index contributed by atoms with van der Waals surface area (Å²) < 4.78 is 17.0. The van der Waals surface area contributed by atoms with Gasteiger partial charge in [0, 0.05) is 34.5 Å². The number of aromatic hydroxyl groups is 1. The van der Waals surface area contributed by atoms with Crippen molar-refractivity contribution in [3.63, 3.8) is 0 Å². The largest absolute Gasteiger partial charge is 0.508 e. The molecule has 0 unspecified atom stereocenters. The van der Waals surface area contributed by atoms with E-state index in [4.69, 9.17) is 14.2 Å². The zero-order valence-corrected chi connectivity index (χ0v) is 20.1. The second-order valence-corrected chi connectivity index (χ2v) is 10.1. The number of phenolic OH excluding ortho intramolecular Hbond substituents is 1. The quantitative estimate of drug-likeness (QED) is 0.283. The van der Waals surface area contributed by atoms with E-state index in [2.05, 4.69) is 11.6 Å². The first-order valence-corrected chi connectivity index (χ1v) is 12.4. The Balaban J connectivity index is 1.30. The van der Waals surface area contributed by atoms with Gasteiger partial charge in [-0.3, -0.25) is 9.59 Å². The predicted octanol–water partition coefficient (Wildman–Crippen LogP) is -0.504. The van der Waals surface area contributed by atoms with Gasteiger partial charge < -0.3 is 49.6 Å². The number of aliphatic hydroxyl groups is 4. The smallest absolute Gasteiger partial charge is 0.254 e. The Labute approximate surface area is 216 Å². The fourth-order valence-electron chi connectivity index (χ4n) is 6.00. The summed E-state index contributed by atoms with van der Waals surface area (Å²) in [6.07, 6.45) is -5.11. The van der Waals surface area contributed by atoms with Gasteiger partial charge in [0.1, 0.15) is 30.2 Å². The molecule has 6 N–H and O–H groups in total. The summed E-state index contributed by atoms with van der Waals surface area (Å²) in [5.41, 5.74) is 1.77. The Morgan fingerprint density at radius 1 is 1.16 bits per heavy atom. The van der Waals surface area contributed by atoms with Crippen LogP contribution < -0.4 is 5.43 Å². The van der Waals surface area contributed by atoms with Crippen LogP contribution in [0.15, 0.2) is 47.5 Å². The average Bonchev–Trinajstić information content (AvgIpc) is 3.28. The molecule has 4 aliphatic rings. The predicted molar refractivity (Wildman–Crippen MR) is 129 cm³/mol. The van der Waals surface area contributed by atoms with Crippen LogP contribution in [0.2, 0.25) is 0 Å². The molecule has 4 aliphatic heterocycles. The van der Waals surface area contributed by atoms with Gasteiger partial charge in [-0.2, -0.15) is 0 Å². The summed E-state index contributed by atoms with van der Waals surface area (Å²) in [5.74, 6) is -1.27. The Bertz CT molecular complexity index is 1390. The number of phenols is 1. The van der Waals surface area contributed by atoms with Crippen LogP contribution in [0.4, 0.5) is 0 Å². The normalized spacial score (nSPS) is 36.2. The molecule has 0 radical (unpaired) electrons. The van der Waals surface area contributed by atoms with Gasteiger partial charge >= 0.3 is 0 Å². The number of aliphatic hydroxyl groups excluding tert-OH is 4. The van der Waals surface area contributed by atoms with E-state index in [1.165, 1.54) is 18.4 Å². The lowest BCUT2D eigenvalue weighted by atomic mass is 9.76. The number of pyridine rings is 1. The first kappa shape index (κ1) is 25.0. The molecule has 0 aliphatic carbocycles. The number of piperidine rings is 1. The maximum atomic E-state index is 13.5. The van der Waals surface area contributed by atoms with Crippen LogP contribution >= 0.6 is 0 Å². The Morgan fingerprint density at radius 3 is 2.68 bits per heavy atom. The maximum Gasteiger partial charge on any atom is 0.254 e. The van der Waals surface area contributed by atoms with E-state index in [1.54, 1.807) is 17.0 Å². The van der Waals surface area contributed by atoms with Gasteiger partial charge in [-0.1, -0.05) is 6.08 Å². The van der Waals surface area contributed by atoms with Crippen molar-refractivity contribution in [2.45, 2.75) is 56.0 Å². The number of aromatic amines is 1. The third kappa shape index (κ3) is 3.67. The number of nitrogens with zero attached hydrogens (tertiary/aromatic N) is 1. The van der Waals surface area contributed by atoms with Crippen LogP contribution in [0.1, 0.15) is 23.7 Å². The van der Waals surface area contributed by atoms with Crippen LogP contribution in [0, 0.1) is 11.8 Å². The molecule has 2 fully saturated rings. The number of benzene rings is 1. The third-order valence-corrected chi connectivity index (χ3v) is 8.04. The zero-order valence-electron chi connectivity index (χ0n) is 20.1. The highest BCUT2D eigenvalue weighted by atomic mass is 16.8. The summed E-state index contributed by atoms with van der Waals surface area (Å²) in [4.78, 5) is 31.6. The molecule has 0 saturated carbocycles. The Hall–Kier alpha value is -3.26. The van der Waals surface area contributed by atoms with Gasteiger partial charge in [-0.15, -0.1) is 6.58 Å². The average molecular weight is 529 g/mol. The van der Waals surface area contributed by atoms with Crippen LogP contribution in [0.3, 0.4) is 0 Å². The number of nitrogens with one attached hydrogen (secondary N) is 1. The van der Waals surface area contributed by atoms with E-state index < -0.39 is 61.5 Å². The molecule has 12 nitrogen and oxygen atoms in total. The number of amides is 1. The molecule has 1 amide bonds. The third-order valence-electron chi connectivity index (χ3n) is 8.04. The number of carbonyl (C=O) groups excluding carboxylic acids is 1. The van der Waals surface area contributed by atoms with E-state index in [9.17, 15) is 35.1 Å². The first-order chi connectivity index (χ1) is 18.2. The van der Waals surface area contributed by atoms with Crippen molar-refractivity contribution in [2.75, 3.05) is 6.61 Å². The number of aromatic nitrogens is 1. The number of hydrogen-bond acceptors (Lipinski definition) is 10. The standard InChI is InChI=1S/C26H28N2O10/c1-2-11-13-6-17-19-14(20(31)12-4-3-10(30)5-16(12)27-19)7-28(17)24(35)15(13)9-36-25(11)38-26-23(34)22(33)21(32)18(8-29)37-26/h2-5,9,11,13,17-18,21-23,25-26,29-30,32-34H,1,6-8H2,(H,27,31)/t11-,13+,17-,18-,21-,22+,23-,25+,26+/m1/s1. The summed E-state index contributed by atoms with van der Waals surface area (Å²) >= 11 is 0. The molecular formula is C26H28N2O10. The maximum absolute atomic E-state index is 13.5. The van der Waals surface area contributed by atoms with E-state index in [0.717, 1.165) is 0 Å². The molecule has 2 aromatic rings. The fourth-order valence-corrected chi connectivity index (χ4v) is 6.00. The highest BCUT2D eigenvalue weighted by Crippen LogP contribution is 2.48. The number of carbonyl (C=O) groups is 1. The number of rotatable bonds is 4. The van der Waals surface area contributed by atoms with Gasteiger partial charge in [0.2, 0.25) is 6.29 Å². The van der Waals surface area contributed by atoms with Crippen molar-refractivity contribution in [2.24, 2.45) is 11.8 Å². The van der Waals surface area contributed by atoms with Gasteiger partial charge in [0.25, 0.3) is 5.91 Å². The van der Waals surface area contributed by atoms with Gasteiger partial charge in [-0.05, 0) is 18.6 Å². The van der Waals surface area contributed by atoms with Crippen molar-refractivity contribution >= 4 is 16.8 Å². The lowest BCUT2D eigenvalue weighted by molar-refractivity contribution is -0.339. The van der Waals surface area contributed by atoms with Crippen LogP contribution in [-0.4, -0.2) is 84.9 Å². The monoisotopic (exact) mass is 528 g/mol. The topological polar surface area (TPSA) is 182 Å². The van der Waals surface area contributed by atoms with Gasteiger partial charge in [0.15, 0.2) is 11.7 Å². The molecule has 0 bridgehead atoms. The number of ether oxygens (including phenoxy) is 3. The molecule has 6 rings (SSSR count). The van der Waals surface area contributed by atoms with Crippen LogP contribution in [-0.2, 0) is 25.5 Å². The van der Waals surface area contributed by atoms with Crippen molar-refractivity contribution in [1.82, 2.24) is 9.88 Å². The fraction of sp³-hybridized carbons (Fsp3) is 0.462. The van der Waals surface area contributed by atoms with Gasteiger partial charge in [0.05, 0.1) is 36.5 Å². The van der Waals surface area contributed by atoms with Crippen molar-refractivity contribution in [3.8, 4) is 5.75 Å². The molecule has 2 saturated heterocycles. The van der Waals surface area contributed by atoms with Crippen molar-refractivity contribution in [3.05, 3.63) is 64.2 Å². The van der Waals surface area contributed by atoms with E-state index in [-0.39, 0.29) is 23.6 Å². The summed E-state index contributed by atoms with van der Waals surface area (Å²) in [5, 5.41) is 50.4. The minimum Gasteiger partial charge on any atom is -0.508 e. The highest BCUT2D eigenvalue weighted by molar-refractivity contribution is 5.96. The molecule has 0 spiro atoms. The first-order valence-electron chi connectivity index (χ1n) is 12.4. The van der Waals surface area contributed by atoms with E-state index in [0.29, 0.717) is 34.2 Å². The Morgan fingerprint density at radius 2 is 1.95 bits per heavy atom. The van der Waals surface area contributed by atoms with Crippen LogP contribution in [0.5, 0.6) is 5.75 Å². The molecule has 38 heavy (non-hydrogen) atoms. The SMILES string of the molecule is C=C[C@H]1[C@H](O[C@@H]2O[C@H](CO)[C@@H](O)[C@H](O)[C@H]2O)OC=C2C(=O)N3Cc4c([nH]c5cc(O)ccc5c4=O)[C@H]3C[C@H]21. The number of H-pyrrole nitrogens is 1. The second kappa shape index (κ2) is 9.19. The summed E-state index contributed by atoms with van der Waals surface area (Å²) in [6, 6.07) is 4.03. The van der Waals surface area contributed by atoms with Gasteiger partial charge in [-0.25, -0.2) is 0 Å². The minimum absolute atomic E-state index is 0.0113. The molecule has 9 atom stereocenters. The molecule has 202 valence electrons. The van der Waals surface area contributed by atoms with E-state index in [1.807, 2.05) is 0 Å². The molecule has 5 heterocycles. The highest BCUT2D eigenvalue weighted by Gasteiger charge is 2.51. The van der Waals surface area contributed by atoms with Crippen molar-refractivity contribution in [1.29, 1.82) is 0 Å². The number of fused-ring (bicyclic) bond motifs is 5. The lowest BCUT2D eigenvalue weighted by Crippen LogP contribution is -2.60. The van der Waals surface area contributed by atoms with Crippen LogP contribution in [0.25, 0.3) is 10.9 Å². The zero-order chi connectivity index (χ0) is 26.9. The summed E-state index contributed by atoms with van der Waals surface area (Å²) in [6.45, 7) is 3.42. The molecular weight excluding hydrogens is 500 g/mol. The number of hydrogen-bond donors (Lipinski definition) is 6. The van der Waals surface area contributed by atoms with Crippen molar-refractivity contribution < 1.29 is 44.5 Å². The minimum atomic E-state index is -1.62. The molecule has 1 aromatic carbocycles. The Kier molecular flexibility index (Phi) is 6.05. The van der Waals surface area contributed by atoms with E-state index >= 15 is 0 Å². The summed E-state index contributed by atoms with van der Waals surface area (Å²) in [7, 11) is 0. The molecule has 1 aromatic heterocycles.